The molecule has 1 aliphatic heterocycles. The van der Waals surface area contributed by atoms with Gasteiger partial charge in [-0.2, -0.15) is 4.31 Å². The van der Waals surface area contributed by atoms with Crippen LogP contribution >= 0.6 is 34.5 Å². The largest absolute Gasteiger partial charge is 0.282 e. The summed E-state index contributed by atoms with van der Waals surface area (Å²) in [5.41, 5.74) is 1.51. The van der Waals surface area contributed by atoms with E-state index in [9.17, 15) is 13.2 Å². The highest BCUT2D eigenvalue weighted by Crippen LogP contribution is 2.34. The van der Waals surface area contributed by atoms with Crippen LogP contribution in [0.1, 0.15) is 18.5 Å². The molecule has 1 saturated heterocycles. The van der Waals surface area contributed by atoms with Gasteiger partial charge in [0.1, 0.15) is 0 Å². The van der Waals surface area contributed by atoms with Crippen LogP contribution < -0.4 is 4.90 Å². The van der Waals surface area contributed by atoms with Crippen LogP contribution in [0.3, 0.4) is 0 Å². The second-order valence-electron chi connectivity index (χ2n) is 8.49. The van der Waals surface area contributed by atoms with Gasteiger partial charge in [-0.3, -0.25) is 14.7 Å². The van der Waals surface area contributed by atoms with Gasteiger partial charge in [-0.25, -0.2) is 13.4 Å². The van der Waals surface area contributed by atoms with Crippen molar-refractivity contribution < 1.29 is 13.2 Å². The lowest BCUT2D eigenvalue weighted by atomic mass is 9.96. The number of hydrogen-bond acceptors (Lipinski definition) is 6. The van der Waals surface area contributed by atoms with E-state index >= 15 is 0 Å². The molecule has 4 aromatic rings. The number of hydrogen-bond donors (Lipinski definition) is 0. The summed E-state index contributed by atoms with van der Waals surface area (Å²) in [4.78, 5) is 24.7. The van der Waals surface area contributed by atoms with E-state index < -0.39 is 10.0 Å². The molecule has 0 saturated carbocycles. The van der Waals surface area contributed by atoms with Gasteiger partial charge in [-0.05, 0) is 67.4 Å². The number of piperidine rings is 1. The van der Waals surface area contributed by atoms with Gasteiger partial charge in [-0.15, -0.1) is 0 Å². The van der Waals surface area contributed by atoms with E-state index in [4.69, 9.17) is 23.2 Å². The molecule has 0 bridgehead atoms. The summed E-state index contributed by atoms with van der Waals surface area (Å²) < 4.78 is 28.4. The average Bonchev–Trinajstić information content (AvgIpc) is 3.31. The highest BCUT2D eigenvalue weighted by molar-refractivity contribution is 7.89. The van der Waals surface area contributed by atoms with Crippen molar-refractivity contribution in [3.63, 3.8) is 0 Å². The number of aromatic nitrogens is 2. The molecule has 0 N–H and O–H groups in total. The first-order chi connectivity index (χ1) is 17.3. The number of halogens is 2. The van der Waals surface area contributed by atoms with Crippen molar-refractivity contribution in [2.45, 2.75) is 24.3 Å². The first kappa shape index (κ1) is 25.1. The Bertz CT molecular complexity index is 1490. The van der Waals surface area contributed by atoms with Gasteiger partial charge in [0.25, 0.3) is 0 Å². The number of rotatable bonds is 6. The number of fused-ring (bicyclic) bond motifs is 1. The molecule has 0 unspecified atom stereocenters. The molecule has 1 fully saturated rings. The number of anilines is 1. The van der Waals surface area contributed by atoms with Crippen molar-refractivity contribution in [1.29, 1.82) is 0 Å². The Morgan fingerprint density at radius 1 is 1.03 bits per heavy atom. The predicted molar refractivity (Wildman–Crippen MR) is 143 cm³/mol. The Morgan fingerprint density at radius 2 is 1.75 bits per heavy atom. The quantitative estimate of drug-likeness (QED) is 0.305. The van der Waals surface area contributed by atoms with E-state index in [2.05, 4.69) is 9.97 Å². The number of benzene rings is 2. The molecule has 5 rings (SSSR count). The topological polar surface area (TPSA) is 83.5 Å². The number of carbonyl (C=O) groups is 1. The molecule has 2 aromatic heterocycles. The summed E-state index contributed by atoms with van der Waals surface area (Å²) in [6, 6.07) is 17.1. The molecular weight excluding hydrogens is 539 g/mol. The summed E-state index contributed by atoms with van der Waals surface area (Å²) in [6.45, 7) is 0.791. The van der Waals surface area contributed by atoms with Gasteiger partial charge in [0.15, 0.2) is 5.13 Å². The van der Waals surface area contributed by atoms with E-state index in [0.717, 1.165) is 15.9 Å². The summed E-state index contributed by atoms with van der Waals surface area (Å²) in [5.74, 6) is -0.421. The Hall–Kier alpha value is -2.56. The number of nitrogens with zero attached hydrogens (tertiary/aromatic N) is 4. The third-order valence-electron chi connectivity index (χ3n) is 6.14. The SMILES string of the molecule is O=C(C1CCN(S(=O)(=O)c2ccc(Cl)cc2)CC1)N(Cc1ccccn1)c1nc2ccc(Cl)cc2s1. The van der Waals surface area contributed by atoms with E-state index in [-0.39, 0.29) is 36.4 Å². The fourth-order valence-electron chi connectivity index (χ4n) is 4.21. The lowest BCUT2D eigenvalue weighted by molar-refractivity contribution is -0.123. The second-order valence-corrected chi connectivity index (χ2v) is 12.3. The van der Waals surface area contributed by atoms with Crippen LogP contribution in [0.2, 0.25) is 10.0 Å². The molecule has 1 amide bonds. The Morgan fingerprint density at radius 3 is 2.44 bits per heavy atom. The van der Waals surface area contributed by atoms with Gasteiger partial charge < -0.3 is 0 Å². The summed E-state index contributed by atoms with van der Waals surface area (Å²) in [5, 5.41) is 1.65. The lowest BCUT2D eigenvalue weighted by Crippen LogP contribution is -2.44. The van der Waals surface area contributed by atoms with Crippen molar-refractivity contribution in [3.05, 3.63) is 82.6 Å². The average molecular weight is 562 g/mol. The molecule has 0 radical (unpaired) electrons. The van der Waals surface area contributed by atoms with Crippen molar-refractivity contribution in [2.75, 3.05) is 18.0 Å². The van der Waals surface area contributed by atoms with Crippen LogP contribution in [0.25, 0.3) is 10.2 Å². The number of carbonyl (C=O) groups excluding carboxylic acids is 1. The summed E-state index contributed by atoms with van der Waals surface area (Å²) >= 11 is 13.5. The predicted octanol–water partition coefficient (Wildman–Crippen LogP) is 5.63. The maximum Gasteiger partial charge on any atom is 0.243 e. The zero-order valence-electron chi connectivity index (χ0n) is 19.0. The van der Waals surface area contributed by atoms with Crippen molar-refractivity contribution in [1.82, 2.24) is 14.3 Å². The van der Waals surface area contributed by atoms with Crippen LogP contribution in [0.4, 0.5) is 5.13 Å². The molecule has 0 atom stereocenters. The summed E-state index contributed by atoms with van der Waals surface area (Å²) in [7, 11) is -3.65. The van der Waals surface area contributed by atoms with Gasteiger partial charge >= 0.3 is 0 Å². The third-order valence-corrected chi connectivity index (χ3v) is 9.58. The van der Waals surface area contributed by atoms with Gasteiger partial charge in [0.2, 0.25) is 15.9 Å². The highest BCUT2D eigenvalue weighted by Gasteiger charge is 2.35. The van der Waals surface area contributed by atoms with Crippen LogP contribution in [0.15, 0.2) is 71.8 Å². The zero-order valence-corrected chi connectivity index (χ0v) is 22.2. The Kier molecular flexibility index (Phi) is 7.28. The molecule has 3 heterocycles. The number of sulfonamides is 1. The number of pyridine rings is 1. The minimum Gasteiger partial charge on any atom is -0.282 e. The fourth-order valence-corrected chi connectivity index (χ4v) is 7.06. The van der Waals surface area contributed by atoms with E-state index in [0.29, 0.717) is 28.0 Å². The van der Waals surface area contributed by atoms with Crippen molar-refractivity contribution in [3.8, 4) is 0 Å². The Balaban J connectivity index is 1.37. The first-order valence-corrected chi connectivity index (χ1v) is 14.4. The van der Waals surface area contributed by atoms with Crippen LogP contribution in [-0.2, 0) is 21.4 Å². The number of amides is 1. The van der Waals surface area contributed by atoms with Crippen molar-refractivity contribution in [2.24, 2.45) is 5.92 Å². The molecule has 186 valence electrons. The molecule has 0 spiro atoms. The second kappa shape index (κ2) is 10.4. The van der Waals surface area contributed by atoms with Gasteiger partial charge in [-0.1, -0.05) is 40.6 Å². The van der Waals surface area contributed by atoms with Gasteiger partial charge in [0, 0.05) is 35.2 Å². The minimum atomic E-state index is -3.65. The fraction of sp³-hybridized carbons (Fsp3) is 0.240. The van der Waals surface area contributed by atoms with Crippen LogP contribution in [0.5, 0.6) is 0 Å². The van der Waals surface area contributed by atoms with E-state index in [1.807, 2.05) is 30.3 Å². The Labute approximate surface area is 223 Å². The monoisotopic (exact) mass is 560 g/mol. The first-order valence-electron chi connectivity index (χ1n) is 11.3. The zero-order chi connectivity index (χ0) is 25.3. The summed E-state index contributed by atoms with van der Waals surface area (Å²) in [6.07, 6.45) is 2.53. The third kappa shape index (κ3) is 5.26. The maximum atomic E-state index is 13.8. The van der Waals surface area contributed by atoms with Crippen LogP contribution in [0, 0.1) is 5.92 Å². The standard InChI is InChI=1S/C25H22Cl2N4O3S2/c26-18-4-7-21(8-5-18)36(33,34)30-13-10-17(11-14-30)24(32)31(16-20-3-1-2-12-28-20)25-29-22-9-6-19(27)15-23(22)35-25/h1-9,12,15,17H,10-11,13-14,16H2. The minimum absolute atomic E-state index is 0.0886. The lowest BCUT2D eigenvalue weighted by Gasteiger charge is -2.33. The van der Waals surface area contributed by atoms with E-state index in [1.54, 1.807) is 29.3 Å². The highest BCUT2D eigenvalue weighted by atomic mass is 35.5. The molecule has 7 nitrogen and oxygen atoms in total. The van der Waals surface area contributed by atoms with Crippen LogP contribution in [-0.4, -0.2) is 41.7 Å². The molecule has 11 heteroatoms. The molecule has 2 aromatic carbocycles. The smallest absolute Gasteiger partial charge is 0.243 e. The molecular formula is C25H22Cl2N4O3S2. The molecule has 1 aliphatic rings. The van der Waals surface area contributed by atoms with Crippen molar-refractivity contribution >= 4 is 65.8 Å². The van der Waals surface area contributed by atoms with E-state index in [1.165, 1.54) is 27.8 Å². The van der Waals surface area contributed by atoms with Gasteiger partial charge in [0.05, 0.1) is 27.4 Å². The maximum absolute atomic E-state index is 13.8. The molecule has 36 heavy (non-hydrogen) atoms. The molecule has 0 aliphatic carbocycles. The normalized spacial score (nSPS) is 15.3. The number of thiazole rings is 1.